The van der Waals surface area contributed by atoms with E-state index in [0.29, 0.717) is 0 Å². The second kappa shape index (κ2) is 3.31. The number of nitrogens with two attached hydrogens (primary N) is 1. The predicted octanol–water partition coefficient (Wildman–Crippen LogP) is 1.37. The van der Waals surface area contributed by atoms with E-state index >= 15 is 0 Å². The average Bonchev–Trinajstić information content (AvgIpc) is 2.73. The van der Waals surface area contributed by atoms with Gasteiger partial charge in [0.05, 0.1) is 12.0 Å². The highest BCUT2D eigenvalue weighted by Crippen LogP contribution is 2.22. The highest BCUT2D eigenvalue weighted by molar-refractivity contribution is 5.25. The number of aromatic nitrogens is 2. The van der Waals surface area contributed by atoms with Gasteiger partial charge in [-0.1, -0.05) is 0 Å². The number of rotatable bonds is 2. The maximum absolute atomic E-state index is 6.05. The Bertz CT molecular complexity index is 390. The van der Waals surface area contributed by atoms with E-state index < -0.39 is 0 Å². The van der Waals surface area contributed by atoms with Crippen LogP contribution >= 0.6 is 0 Å². The molecule has 0 aliphatic carbocycles. The Morgan fingerprint density at radius 2 is 2.29 bits per heavy atom. The Kier molecular flexibility index (Phi) is 2.13. The molecule has 0 saturated heterocycles. The van der Waals surface area contributed by atoms with Gasteiger partial charge in [-0.3, -0.25) is 4.68 Å². The van der Waals surface area contributed by atoms with Crippen LogP contribution in [0.2, 0.25) is 0 Å². The highest BCUT2D eigenvalue weighted by atomic mass is 16.3. The molecule has 0 aliphatic rings. The van der Waals surface area contributed by atoms with Crippen LogP contribution in [0.1, 0.15) is 23.1 Å². The second-order valence-electron chi connectivity index (χ2n) is 3.33. The highest BCUT2D eigenvalue weighted by Gasteiger charge is 2.17. The lowest BCUT2D eigenvalue weighted by molar-refractivity contribution is 0.475. The van der Waals surface area contributed by atoms with Gasteiger partial charge in [-0.05, 0) is 24.6 Å². The van der Waals surface area contributed by atoms with Crippen molar-refractivity contribution >= 4 is 0 Å². The molecule has 0 radical (unpaired) electrons. The van der Waals surface area contributed by atoms with E-state index in [4.69, 9.17) is 10.2 Å². The minimum Gasteiger partial charge on any atom is -0.467 e. The Morgan fingerprint density at radius 3 is 2.79 bits per heavy atom. The summed E-state index contributed by atoms with van der Waals surface area (Å²) in [4.78, 5) is 0. The third-order valence-corrected chi connectivity index (χ3v) is 2.36. The van der Waals surface area contributed by atoms with Crippen molar-refractivity contribution in [2.75, 3.05) is 0 Å². The fraction of sp³-hybridized carbons (Fsp3) is 0.300. The molecule has 0 saturated carbocycles. The number of furan rings is 1. The van der Waals surface area contributed by atoms with Crippen LogP contribution in [0.25, 0.3) is 0 Å². The van der Waals surface area contributed by atoms with Crippen molar-refractivity contribution in [3.8, 4) is 0 Å². The molecule has 74 valence electrons. The predicted molar refractivity (Wildman–Crippen MR) is 52.7 cm³/mol. The molecule has 0 aromatic carbocycles. The zero-order valence-corrected chi connectivity index (χ0v) is 8.27. The third-order valence-electron chi connectivity index (χ3n) is 2.36. The van der Waals surface area contributed by atoms with Crippen LogP contribution in [-0.4, -0.2) is 9.78 Å². The maximum Gasteiger partial charge on any atom is 0.129 e. The molecule has 2 aromatic rings. The van der Waals surface area contributed by atoms with E-state index in [-0.39, 0.29) is 6.04 Å². The first-order valence-electron chi connectivity index (χ1n) is 4.47. The molecule has 0 aliphatic heterocycles. The molecular weight excluding hydrogens is 178 g/mol. The second-order valence-corrected chi connectivity index (χ2v) is 3.33. The molecule has 0 spiro atoms. The van der Waals surface area contributed by atoms with Gasteiger partial charge < -0.3 is 10.2 Å². The number of hydrogen-bond acceptors (Lipinski definition) is 3. The normalized spacial score (nSPS) is 13.1. The number of hydrogen-bond donors (Lipinski definition) is 1. The van der Waals surface area contributed by atoms with Crippen molar-refractivity contribution < 1.29 is 4.42 Å². The zero-order valence-electron chi connectivity index (χ0n) is 8.27. The fourth-order valence-corrected chi connectivity index (χ4v) is 1.53. The molecular formula is C10H13N3O. The van der Waals surface area contributed by atoms with Gasteiger partial charge in [0.15, 0.2) is 0 Å². The topological polar surface area (TPSA) is 57.0 Å². The van der Waals surface area contributed by atoms with Gasteiger partial charge in [0.25, 0.3) is 0 Å². The summed E-state index contributed by atoms with van der Waals surface area (Å²) in [6.07, 6.45) is 3.38. The molecule has 0 bridgehead atoms. The lowest BCUT2D eigenvalue weighted by Crippen LogP contribution is -2.16. The van der Waals surface area contributed by atoms with Gasteiger partial charge in [-0.15, -0.1) is 0 Å². The third kappa shape index (κ3) is 1.33. The van der Waals surface area contributed by atoms with E-state index in [9.17, 15) is 0 Å². The molecule has 1 atom stereocenters. The first-order chi connectivity index (χ1) is 6.70. The molecule has 2 heterocycles. The van der Waals surface area contributed by atoms with Crippen LogP contribution in [0, 0.1) is 6.92 Å². The summed E-state index contributed by atoms with van der Waals surface area (Å²) in [7, 11) is 1.87. The maximum atomic E-state index is 6.05. The van der Waals surface area contributed by atoms with Gasteiger partial charge in [-0.25, -0.2) is 0 Å². The SMILES string of the molecule is Cc1ccoc1C(N)c1ccnn1C. The van der Waals surface area contributed by atoms with Crippen molar-refractivity contribution in [3.63, 3.8) is 0 Å². The molecule has 0 fully saturated rings. The van der Waals surface area contributed by atoms with Gasteiger partial charge in [0.1, 0.15) is 11.8 Å². The monoisotopic (exact) mass is 191 g/mol. The molecule has 0 amide bonds. The van der Waals surface area contributed by atoms with Crippen molar-refractivity contribution in [2.45, 2.75) is 13.0 Å². The average molecular weight is 191 g/mol. The Labute approximate surface area is 82.3 Å². The Hall–Kier alpha value is -1.55. The minimum absolute atomic E-state index is 0.238. The van der Waals surface area contributed by atoms with Crippen molar-refractivity contribution in [2.24, 2.45) is 12.8 Å². The van der Waals surface area contributed by atoms with Crippen molar-refractivity contribution in [1.82, 2.24) is 9.78 Å². The zero-order chi connectivity index (χ0) is 10.1. The van der Waals surface area contributed by atoms with E-state index in [2.05, 4.69) is 5.10 Å². The van der Waals surface area contributed by atoms with E-state index in [0.717, 1.165) is 17.0 Å². The van der Waals surface area contributed by atoms with Crippen molar-refractivity contribution in [1.29, 1.82) is 0 Å². The van der Waals surface area contributed by atoms with E-state index in [1.165, 1.54) is 0 Å². The summed E-state index contributed by atoms with van der Waals surface area (Å²) >= 11 is 0. The summed E-state index contributed by atoms with van der Waals surface area (Å²) in [5, 5.41) is 4.07. The van der Waals surface area contributed by atoms with Crippen LogP contribution < -0.4 is 5.73 Å². The molecule has 14 heavy (non-hydrogen) atoms. The molecule has 1 unspecified atom stereocenters. The molecule has 2 N–H and O–H groups in total. The quantitative estimate of drug-likeness (QED) is 0.780. The smallest absolute Gasteiger partial charge is 0.129 e. The summed E-state index contributed by atoms with van der Waals surface area (Å²) in [5.41, 5.74) is 8.07. The molecule has 2 rings (SSSR count). The summed E-state index contributed by atoms with van der Waals surface area (Å²) < 4.78 is 7.10. The number of aryl methyl sites for hydroxylation is 2. The van der Waals surface area contributed by atoms with Crippen molar-refractivity contribution in [3.05, 3.63) is 41.6 Å². The van der Waals surface area contributed by atoms with Crippen LogP contribution in [0.4, 0.5) is 0 Å². The fourth-order valence-electron chi connectivity index (χ4n) is 1.53. The van der Waals surface area contributed by atoms with Gasteiger partial charge in [-0.2, -0.15) is 5.10 Å². The lowest BCUT2D eigenvalue weighted by atomic mass is 10.1. The Balaban J connectivity index is 2.38. The van der Waals surface area contributed by atoms with Crippen LogP contribution in [-0.2, 0) is 7.05 Å². The van der Waals surface area contributed by atoms with Gasteiger partial charge >= 0.3 is 0 Å². The van der Waals surface area contributed by atoms with Crippen LogP contribution in [0.3, 0.4) is 0 Å². The van der Waals surface area contributed by atoms with E-state index in [1.807, 2.05) is 26.1 Å². The largest absolute Gasteiger partial charge is 0.467 e. The summed E-state index contributed by atoms with van der Waals surface area (Å²) in [6.45, 7) is 1.98. The first kappa shape index (κ1) is 9.02. The molecule has 4 nitrogen and oxygen atoms in total. The molecule has 4 heteroatoms. The van der Waals surface area contributed by atoms with E-state index in [1.54, 1.807) is 17.1 Å². The van der Waals surface area contributed by atoms with Gasteiger partial charge in [0.2, 0.25) is 0 Å². The summed E-state index contributed by atoms with van der Waals surface area (Å²) in [6, 6.07) is 3.57. The standard InChI is InChI=1S/C10H13N3O/c1-7-4-6-14-10(7)9(11)8-3-5-12-13(8)2/h3-6,9H,11H2,1-2H3. The van der Waals surface area contributed by atoms with Gasteiger partial charge in [0, 0.05) is 13.2 Å². The lowest BCUT2D eigenvalue weighted by Gasteiger charge is -2.10. The number of nitrogens with zero attached hydrogens (tertiary/aromatic N) is 2. The van der Waals surface area contributed by atoms with Crippen LogP contribution in [0.15, 0.2) is 29.0 Å². The first-order valence-corrected chi connectivity index (χ1v) is 4.47. The Morgan fingerprint density at radius 1 is 1.50 bits per heavy atom. The minimum atomic E-state index is -0.238. The molecule has 2 aromatic heterocycles. The summed E-state index contributed by atoms with van der Waals surface area (Å²) in [5.74, 6) is 0.800. The van der Waals surface area contributed by atoms with Crippen LogP contribution in [0.5, 0.6) is 0 Å².